The number of hydrogen-bond acceptors (Lipinski definition) is 3. The summed E-state index contributed by atoms with van der Waals surface area (Å²) >= 11 is 0. The molecule has 108 valence electrons. The Morgan fingerprint density at radius 2 is 2.15 bits per heavy atom. The largest absolute Gasteiger partial charge is 0.310 e. The number of aryl methyl sites for hydroxylation is 2. The lowest BCUT2D eigenvalue weighted by Crippen LogP contribution is -2.22. The molecule has 0 aliphatic rings. The van der Waals surface area contributed by atoms with E-state index in [2.05, 4.69) is 53.8 Å². The quantitative estimate of drug-likeness (QED) is 0.879. The minimum Gasteiger partial charge on any atom is -0.310 e. The number of nitrogens with one attached hydrogen (secondary N) is 1. The fourth-order valence-corrected chi connectivity index (χ4v) is 2.73. The fraction of sp³-hybridized carbons (Fsp3) is 0.500. The number of nitrogens with zero attached hydrogens (tertiary/aromatic N) is 3. The molecule has 0 aliphatic heterocycles. The average molecular weight is 272 g/mol. The highest BCUT2D eigenvalue weighted by atomic mass is 15.3. The first kappa shape index (κ1) is 14.7. The van der Waals surface area contributed by atoms with Gasteiger partial charge in [0.05, 0.1) is 5.69 Å². The van der Waals surface area contributed by atoms with Crippen LogP contribution in [0.3, 0.4) is 0 Å². The van der Waals surface area contributed by atoms with Gasteiger partial charge in [-0.1, -0.05) is 6.07 Å². The maximum absolute atomic E-state index is 4.58. The summed E-state index contributed by atoms with van der Waals surface area (Å²) in [4.78, 5) is 4.14. The molecular formula is C16H24N4. The summed E-state index contributed by atoms with van der Waals surface area (Å²) in [6, 6.07) is 4.43. The summed E-state index contributed by atoms with van der Waals surface area (Å²) in [5.41, 5.74) is 5.00. The van der Waals surface area contributed by atoms with Gasteiger partial charge in [-0.25, -0.2) is 0 Å². The third kappa shape index (κ3) is 3.25. The predicted octanol–water partition coefficient (Wildman–Crippen LogP) is 2.81. The van der Waals surface area contributed by atoms with E-state index in [0.29, 0.717) is 6.04 Å². The summed E-state index contributed by atoms with van der Waals surface area (Å²) in [6.45, 7) is 10.5. The lowest BCUT2D eigenvalue weighted by atomic mass is 10.1. The van der Waals surface area contributed by atoms with E-state index in [4.69, 9.17) is 0 Å². The van der Waals surface area contributed by atoms with Crippen molar-refractivity contribution in [2.24, 2.45) is 0 Å². The fourth-order valence-electron chi connectivity index (χ4n) is 2.73. The van der Waals surface area contributed by atoms with Gasteiger partial charge in [0.1, 0.15) is 0 Å². The van der Waals surface area contributed by atoms with Gasteiger partial charge in [0, 0.05) is 36.2 Å². The summed E-state index contributed by atoms with van der Waals surface area (Å²) in [7, 11) is 0. The van der Waals surface area contributed by atoms with Gasteiger partial charge in [0.2, 0.25) is 0 Å². The maximum Gasteiger partial charge on any atom is 0.0644 e. The van der Waals surface area contributed by atoms with Crippen molar-refractivity contribution in [3.8, 4) is 0 Å². The molecule has 1 atom stereocenters. The molecule has 0 spiro atoms. The van der Waals surface area contributed by atoms with Crippen molar-refractivity contribution in [1.29, 1.82) is 0 Å². The molecule has 2 aromatic heterocycles. The molecule has 1 N–H and O–H groups in total. The Balaban J connectivity index is 1.95. The van der Waals surface area contributed by atoms with Crippen LogP contribution in [0, 0.1) is 13.8 Å². The molecule has 0 saturated heterocycles. The first-order valence-corrected chi connectivity index (χ1v) is 7.29. The Kier molecular flexibility index (Phi) is 4.90. The van der Waals surface area contributed by atoms with Crippen LogP contribution in [0.5, 0.6) is 0 Å². The molecule has 0 fully saturated rings. The highest BCUT2D eigenvalue weighted by molar-refractivity contribution is 5.27. The van der Waals surface area contributed by atoms with E-state index in [-0.39, 0.29) is 0 Å². The van der Waals surface area contributed by atoms with Crippen LogP contribution < -0.4 is 5.32 Å². The summed E-state index contributed by atoms with van der Waals surface area (Å²) < 4.78 is 2.07. The third-order valence-corrected chi connectivity index (χ3v) is 3.76. The third-order valence-electron chi connectivity index (χ3n) is 3.76. The molecule has 0 amide bonds. The summed E-state index contributed by atoms with van der Waals surface area (Å²) in [5.74, 6) is 0. The Hall–Kier alpha value is -1.68. The van der Waals surface area contributed by atoms with Crippen LogP contribution in [0.15, 0.2) is 24.5 Å². The molecule has 2 heterocycles. The molecule has 2 aromatic rings. The molecule has 0 saturated carbocycles. The zero-order valence-electron chi connectivity index (χ0n) is 12.8. The zero-order chi connectivity index (χ0) is 14.5. The minimum absolute atomic E-state index is 0.326. The topological polar surface area (TPSA) is 42.7 Å². The van der Waals surface area contributed by atoms with E-state index in [0.717, 1.165) is 25.2 Å². The highest BCUT2D eigenvalue weighted by Crippen LogP contribution is 2.21. The predicted molar refractivity (Wildman–Crippen MR) is 81.7 cm³/mol. The second kappa shape index (κ2) is 6.66. The van der Waals surface area contributed by atoms with Crippen LogP contribution in [0.2, 0.25) is 0 Å². The van der Waals surface area contributed by atoms with Crippen molar-refractivity contribution in [2.45, 2.75) is 46.7 Å². The summed E-state index contributed by atoms with van der Waals surface area (Å²) in [6.07, 6.45) is 4.74. The molecule has 1 unspecified atom stereocenters. The molecule has 0 radical (unpaired) electrons. The number of hydrogen-bond donors (Lipinski definition) is 1. The molecule has 0 aromatic carbocycles. The molecule has 20 heavy (non-hydrogen) atoms. The SMILES string of the molecule is CCn1nc(C)c(C(C)NCCc2cccnc2)c1C. The molecule has 0 aliphatic carbocycles. The van der Waals surface area contributed by atoms with Crippen LogP contribution in [0.1, 0.15) is 42.4 Å². The normalized spacial score (nSPS) is 12.6. The number of aromatic nitrogens is 3. The van der Waals surface area contributed by atoms with E-state index in [9.17, 15) is 0 Å². The van der Waals surface area contributed by atoms with Gasteiger partial charge in [-0.05, 0) is 52.3 Å². The van der Waals surface area contributed by atoms with E-state index >= 15 is 0 Å². The van der Waals surface area contributed by atoms with Gasteiger partial charge >= 0.3 is 0 Å². The lowest BCUT2D eigenvalue weighted by Gasteiger charge is -2.15. The van der Waals surface area contributed by atoms with Crippen molar-refractivity contribution in [3.05, 3.63) is 47.0 Å². The van der Waals surface area contributed by atoms with Crippen molar-refractivity contribution in [1.82, 2.24) is 20.1 Å². The number of rotatable bonds is 6. The van der Waals surface area contributed by atoms with E-state index in [1.807, 2.05) is 18.5 Å². The van der Waals surface area contributed by atoms with Crippen molar-refractivity contribution >= 4 is 0 Å². The van der Waals surface area contributed by atoms with Gasteiger partial charge < -0.3 is 5.32 Å². The van der Waals surface area contributed by atoms with Crippen molar-refractivity contribution in [2.75, 3.05) is 6.54 Å². The van der Waals surface area contributed by atoms with Crippen molar-refractivity contribution < 1.29 is 0 Å². The van der Waals surface area contributed by atoms with Gasteiger partial charge in [-0.15, -0.1) is 0 Å². The first-order valence-electron chi connectivity index (χ1n) is 7.29. The van der Waals surface area contributed by atoms with Gasteiger partial charge in [0.15, 0.2) is 0 Å². The summed E-state index contributed by atoms with van der Waals surface area (Å²) in [5, 5.41) is 8.17. The molecule has 4 heteroatoms. The van der Waals surface area contributed by atoms with Crippen LogP contribution in [0.4, 0.5) is 0 Å². The standard InChI is InChI=1S/C16H24N4/c1-5-20-14(4)16(13(3)19-20)12(2)18-10-8-15-7-6-9-17-11-15/h6-7,9,11-12,18H,5,8,10H2,1-4H3. The highest BCUT2D eigenvalue weighted by Gasteiger charge is 2.16. The van der Waals surface area contributed by atoms with Crippen LogP contribution in [-0.2, 0) is 13.0 Å². The van der Waals surface area contributed by atoms with Crippen LogP contribution in [-0.4, -0.2) is 21.3 Å². The molecule has 0 bridgehead atoms. The first-order chi connectivity index (χ1) is 9.63. The second-order valence-corrected chi connectivity index (χ2v) is 5.19. The van der Waals surface area contributed by atoms with E-state index in [1.165, 1.54) is 16.8 Å². The number of pyridine rings is 1. The van der Waals surface area contributed by atoms with Crippen molar-refractivity contribution in [3.63, 3.8) is 0 Å². The average Bonchev–Trinajstić information content (AvgIpc) is 2.74. The second-order valence-electron chi connectivity index (χ2n) is 5.19. The Morgan fingerprint density at radius 3 is 2.75 bits per heavy atom. The Bertz CT molecular complexity index is 545. The van der Waals surface area contributed by atoms with Crippen LogP contribution >= 0.6 is 0 Å². The minimum atomic E-state index is 0.326. The Morgan fingerprint density at radius 1 is 1.35 bits per heavy atom. The maximum atomic E-state index is 4.58. The van der Waals surface area contributed by atoms with Gasteiger partial charge in [0.25, 0.3) is 0 Å². The van der Waals surface area contributed by atoms with Gasteiger partial charge in [-0.2, -0.15) is 5.10 Å². The molecule has 4 nitrogen and oxygen atoms in total. The monoisotopic (exact) mass is 272 g/mol. The van der Waals surface area contributed by atoms with E-state index in [1.54, 1.807) is 0 Å². The Labute approximate surface area is 121 Å². The van der Waals surface area contributed by atoms with Crippen LogP contribution in [0.25, 0.3) is 0 Å². The molecular weight excluding hydrogens is 248 g/mol. The van der Waals surface area contributed by atoms with Gasteiger partial charge in [-0.3, -0.25) is 9.67 Å². The smallest absolute Gasteiger partial charge is 0.0644 e. The molecule has 2 rings (SSSR count). The van der Waals surface area contributed by atoms with E-state index < -0.39 is 0 Å². The zero-order valence-corrected chi connectivity index (χ0v) is 12.8. The lowest BCUT2D eigenvalue weighted by molar-refractivity contribution is 0.568.